The van der Waals surface area contributed by atoms with Crippen LogP contribution in [0.1, 0.15) is 26.7 Å². The number of likely N-dealkylation sites (N-methyl/N-ethyl adjacent to an activating group) is 1. The number of carbonyl (C=O) groups excluding carboxylic acids is 2. The van der Waals surface area contributed by atoms with Gasteiger partial charge in [0, 0.05) is 26.2 Å². The lowest BCUT2D eigenvalue weighted by Crippen LogP contribution is -2.47. The van der Waals surface area contributed by atoms with Crippen molar-refractivity contribution >= 4 is 28.3 Å². The molecule has 2 rings (SSSR count). The maximum absolute atomic E-state index is 12.4. The van der Waals surface area contributed by atoms with Crippen LogP contribution >= 0.6 is 11.3 Å². The molecular formula is C17H28N4O2S. The maximum atomic E-state index is 12.4. The highest BCUT2D eigenvalue weighted by Gasteiger charge is 2.28. The van der Waals surface area contributed by atoms with Gasteiger partial charge < -0.3 is 15.1 Å². The Morgan fingerprint density at radius 2 is 2.17 bits per heavy atom. The molecule has 134 valence electrons. The largest absolute Gasteiger partial charge is 0.355 e. The summed E-state index contributed by atoms with van der Waals surface area (Å²) in [6.45, 7) is 8.97. The lowest BCUT2D eigenvalue weighted by molar-refractivity contribution is -0.126. The highest BCUT2D eigenvalue weighted by atomic mass is 32.1. The van der Waals surface area contributed by atoms with Gasteiger partial charge in [-0.2, -0.15) is 0 Å². The predicted molar refractivity (Wildman–Crippen MR) is 98.4 cm³/mol. The third-order valence-corrected chi connectivity index (χ3v) is 5.24. The van der Waals surface area contributed by atoms with Gasteiger partial charge in [0.05, 0.1) is 10.9 Å². The summed E-state index contributed by atoms with van der Waals surface area (Å²) >= 11 is 1.50. The summed E-state index contributed by atoms with van der Waals surface area (Å²) < 4.78 is 0. The van der Waals surface area contributed by atoms with E-state index in [9.17, 15) is 9.59 Å². The molecule has 0 spiro atoms. The van der Waals surface area contributed by atoms with Crippen molar-refractivity contribution < 1.29 is 9.59 Å². The quantitative estimate of drug-likeness (QED) is 0.792. The van der Waals surface area contributed by atoms with Crippen LogP contribution in [-0.4, -0.2) is 61.0 Å². The van der Waals surface area contributed by atoms with Crippen molar-refractivity contribution in [1.82, 2.24) is 15.1 Å². The SMILES string of the molecule is CCN(CC)CCNC(=O)C1CCCN(C(=O)Nc2cccs2)C1. The van der Waals surface area contributed by atoms with Crippen molar-refractivity contribution in [3.8, 4) is 0 Å². The second kappa shape index (κ2) is 9.64. The number of hydrogen-bond acceptors (Lipinski definition) is 4. The number of thiophene rings is 1. The highest BCUT2D eigenvalue weighted by Crippen LogP contribution is 2.20. The Bertz CT molecular complexity index is 517. The van der Waals surface area contributed by atoms with E-state index in [0.717, 1.165) is 37.5 Å². The predicted octanol–water partition coefficient (Wildman–Crippen LogP) is 2.45. The summed E-state index contributed by atoms with van der Waals surface area (Å²) in [7, 11) is 0. The number of carbonyl (C=O) groups is 2. The average Bonchev–Trinajstić information content (AvgIpc) is 3.11. The molecule has 24 heavy (non-hydrogen) atoms. The van der Waals surface area contributed by atoms with Crippen LogP contribution < -0.4 is 10.6 Å². The highest BCUT2D eigenvalue weighted by molar-refractivity contribution is 7.14. The molecule has 0 aliphatic carbocycles. The molecule has 1 aliphatic rings. The molecule has 2 heterocycles. The molecule has 0 aromatic carbocycles. The van der Waals surface area contributed by atoms with Crippen LogP contribution in [0.15, 0.2) is 17.5 Å². The summed E-state index contributed by atoms with van der Waals surface area (Å²) in [6, 6.07) is 3.67. The molecule has 0 bridgehead atoms. The smallest absolute Gasteiger partial charge is 0.322 e. The first-order valence-electron chi connectivity index (χ1n) is 8.73. The van der Waals surface area contributed by atoms with Gasteiger partial charge in [-0.3, -0.25) is 10.1 Å². The molecule has 0 saturated carbocycles. The molecule has 1 saturated heterocycles. The number of hydrogen-bond donors (Lipinski definition) is 2. The van der Waals surface area contributed by atoms with E-state index in [0.29, 0.717) is 19.6 Å². The Hall–Kier alpha value is -1.60. The monoisotopic (exact) mass is 352 g/mol. The third kappa shape index (κ3) is 5.49. The fourth-order valence-electron chi connectivity index (χ4n) is 2.93. The zero-order valence-electron chi connectivity index (χ0n) is 14.6. The minimum atomic E-state index is -0.113. The fraction of sp³-hybridized carbons (Fsp3) is 0.647. The third-order valence-electron chi connectivity index (χ3n) is 4.45. The van der Waals surface area contributed by atoms with E-state index in [-0.39, 0.29) is 17.9 Å². The lowest BCUT2D eigenvalue weighted by atomic mass is 9.97. The molecule has 1 fully saturated rings. The minimum Gasteiger partial charge on any atom is -0.355 e. The summed E-state index contributed by atoms with van der Waals surface area (Å²) in [5.74, 6) is -0.0414. The molecule has 6 nitrogen and oxygen atoms in total. The molecule has 3 amide bonds. The Morgan fingerprint density at radius 3 is 2.83 bits per heavy atom. The van der Waals surface area contributed by atoms with Crippen LogP contribution in [0.5, 0.6) is 0 Å². The maximum Gasteiger partial charge on any atom is 0.322 e. The molecule has 1 aliphatic heterocycles. The van der Waals surface area contributed by atoms with Gasteiger partial charge >= 0.3 is 6.03 Å². The van der Waals surface area contributed by atoms with Crippen LogP contribution in [-0.2, 0) is 4.79 Å². The van der Waals surface area contributed by atoms with Gasteiger partial charge in [-0.15, -0.1) is 11.3 Å². The molecule has 0 radical (unpaired) electrons. The molecule has 1 aromatic rings. The Labute approximate surface area is 148 Å². The van der Waals surface area contributed by atoms with Gasteiger partial charge in [-0.05, 0) is 43.4 Å². The van der Waals surface area contributed by atoms with E-state index >= 15 is 0 Å². The molecular weight excluding hydrogens is 324 g/mol. The van der Waals surface area contributed by atoms with Crippen molar-refractivity contribution in [1.29, 1.82) is 0 Å². The number of nitrogens with zero attached hydrogens (tertiary/aromatic N) is 2. The van der Waals surface area contributed by atoms with Gasteiger partial charge in [-0.25, -0.2) is 4.79 Å². The number of rotatable bonds is 7. The standard InChI is InChI=1S/C17H28N4O2S/c1-3-20(4-2)11-9-18-16(22)14-7-5-10-21(13-14)17(23)19-15-8-6-12-24-15/h6,8,12,14H,3-5,7,9-11,13H2,1-2H3,(H,18,22)(H,19,23). The molecule has 1 unspecified atom stereocenters. The number of piperidine rings is 1. The minimum absolute atomic E-state index is 0.0655. The Morgan fingerprint density at radius 1 is 1.38 bits per heavy atom. The fourth-order valence-corrected chi connectivity index (χ4v) is 3.54. The van der Waals surface area contributed by atoms with Gasteiger partial charge in [0.2, 0.25) is 5.91 Å². The first-order valence-corrected chi connectivity index (χ1v) is 9.61. The summed E-state index contributed by atoms with van der Waals surface area (Å²) in [6.07, 6.45) is 1.71. The summed E-state index contributed by atoms with van der Waals surface area (Å²) in [4.78, 5) is 28.7. The van der Waals surface area contributed by atoms with Crippen molar-refractivity contribution in [3.63, 3.8) is 0 Å². The van der Waals surface area contributed by atoms with Crippen LogP contribution in [0.25, 0.3) is 0 Å². The summed E-state index contributed by atoms with van der Waals surface area (Å²) in [5.41, 5.74) is 0. The summed E-state index contributed by atoms with van der Waals surface area (Å²) in [5, 5.41) is 8.68. The topological polar surface area (TPSA) is 64.7 Å². The number of likely N-dealkylation sites (tertiary alicyclic amines) is 1. The molecule has 1 aromatic heterocycles. The van der Waals surface area contributed by atoms with Crippen LogP contribution in [0.3, 0.4) is 0 Å². The van der Waals surface area contributed by atoms with E-state index in [1.165, 1.54) is 11.3 Å². The van der Waals surface area contributed by atoms with E-state index in [1.54, 1.807) is 4.90 Å². The second-order valence-electron chi connectivity index (χ2n) is 6.01. The van der Waals surface area contributed by atoms with Gasteiger partial charge in [0.15, 0.2) is 0 Å². The van der Waals surface area contributed by atoms with Crippen molar-refractivity contribution in [2.45, 2.75) is 26.7 Å². The number of amides is 3. The van der Waals surface area contributed by atoms with E-state index in [2.05, 4.69) is 29.4 Å². The first kappa shape index (κ1) is 18.7. The molecule has 2 N–H and O–H groups in total. The lowest BCUT2D eigenvalue weighted by Gasteiger charge is -2.32. The van der Waals surface area contributed by atoms with E-state index in [4.69, 9.17) is 0 Å². The number of anilines is 1. The van der Waals surface area contributed by atoms with Crippen molar-refractivity contribution in [2.75, 3.05) is 44.6 Å². The normalized spacial score (nSPS) is 17.8. The zero-order chi connectivity index (χ0) is 17.4. The van der Waals surface area contributed by atoms with Gasteiger partial charge in [0.1, 0.15) is 0 Å². The zero-order valence-corrected chi connectivity index (χ0v) is 15.4. The van der Waals surface area contributed by atoms with E-state index in [1.807, 2.05) is 17.5 Å². The van der Waals surface area contributed by atoms with Crippen LogP contribution in [0.2, 0.25) is 0 Å². The molecule has 7 heteroatoms. The van der Waals surface area contributed by atoms with Crippen LogP contribution in [0, 0.1) is 5.92 Å². The van der Waals surface area contributed by atoms with Gasteiger partial charge in [-0.1, -0.05) is 13.8 Å². The van der Waals surface area contributed by atoms with E-state index < -0.39 is 0 Å². The Balaban J connectivity index is 1.77. The number of nitrogens with one attached hydrogen (secondary N) is 2. The van der Waals surface area contributed by atoms with Crippen LogP contribution in [0.4, 0.5) is 9.80 Å². The second-order valence-corrected chi connectivity index (χ2v) is 6.96. The Kier molecular flexibility index (Phi) is 7.52. The van der Waals surface area contributed by atoms with Crippen molar-refractivity contribution in [3.05, 3.63) is 17.5 Å². The first-order chi connectivity index (χ1) is 11.6. The molecule has 1 atom stereocenters. The average molecular weight is 353 g/mol. The van der Waals surface area contributed by atoms with Crippen molar-refractivity contribution in [2.24, 2.45) is 5.92 Å². The number of urea groups is 1. The van der Waals surface area contributed by atoms with Gasteiger partial charge in [0.25, 0.3) is 0 Å².